The maximum absolute atomic E-state index is 12.4. The standard InChI is InChI=1S/C12H16N4O3S/c1-13-6-9-3-4-11(19-2)12(5-9)20(17,18)16-10-7-14-15-8-10/h3-5,7-8,13,16H,6H2,1-2H3,(H,14,15). The van der Waals surface area contributed by atoms with Crippen LogP contribution in [0.5, 0.6) is 5.75 Å². The van der Waals surface area contributed by atoms with E-state index in [2.05, 4.69) is 20.2 Å². The number of hydrogen-bond acceptors (Lipinski definition) is 5. The summed E-state index contributed by atoms with van der Waals surface area (Å²) >= 11 is 0. The lowest BCUT2D eigenvalue weighted by atomic mass is 10.2. The fourth-order valence-electron chi connectivity index (χ4n) is 1.76. The summed E-state index contributed by atoms with van der Waals surface area (Å²) in [4.78, 5) is 0.0916. The predicted octanol–water partition coefficient (Wildman–Crippen LogP) is 0.938. The van der Waals surface area contributed by atoms with Gasteiger partial charge < -0.3 is 10.1 Å². The van der Waals surface area contributed by atoms with Crippen molar-refractivity contribution in [2.24, 2.45) is 0 Å². The van der Waals surface area contributed by atoms with Crippen molar-refractivity contribution in [2.75, 3.05) is 18.9 Å². The summed E-state index contributed by atoms with van der Waals surface area (Å²) in [5.74, 6) is 0.292. The van der Waals surface area contributed by atoms with Gasteiger partial charge in [-0.1, -0.05) is 6.07 Å². The summed E-state index contributed by atoms with van der Waals surface area (Å²) in [5.41, 5.74) is 1.21. The highest BCUT2D eigenvalue weighted by Crippen LogP contribution is 2.26. The molecule has 2 rings (SSSR count). The van der Waals surface area contributed by atoms with Gasteiger partial charge in [0.1, 0.15) is 10.6 Å². The number of H-pyrrole nitrogens is 1. The van der Waals surface area contributed by atoms with Crippen molar-refractivity contribution in [3.63, 3.8) is 0 Å². The topological polar surface area (TPSA) is 96.1 Å². The minimum absolute atomic E-state index is 0.0916. The second-order valence-electron chi connectivity index (χ2n) is 4.11. The zero-order chi connectivity index (χ0) is 14.6. The van der Waals surface area contributed by atoms with Crippen molar-refractivity contribution < 1.29 is 13.2 Å². The lowest BCUT2D eigenvalue weighted by Crippen LogP contribution is -2.15. The Morgan fingerprint density at radius 1 is 1.40 bits per heavy atom. The van der Waals surface area contributed by atoms with Gasteiger partial charge in [0, 0.05) is 12.7 Å². The molecule has 0 amide bonds. The van der Waals surface area contributed by atoms with E-state index in [1.165, 1.54) is 19.5 Å². The fourth-order valence-corrected chi connectivity index (χ4v) is 3.02. The van der Waals surface area contributed by atoms with Gasteiger partial charge in [0.15, 0.2) is 0 Å². The van der Waals surface area contributed by atoms with E-state index in [1.807, 2.05) is 6.07 Å². The molecule has 0 aliphatic carbocycles. The molecule has 0 unspecified atom stereocenters. The number of ether oxygens (including phenoxy) is 1. The Morgan fingerprint density at radius 3 is 2.80 bits per heavy atom. The Hall–Kier alpha value is -2.06. The molecule has 1 aromatic heterocycles. The third kappa shape index (κ3) is 3.09. The van der Waals surface area contributed by atoms with Crippen LogP contribution in [0.1, 0.15) is 5.56 Å². The second kappa shape index (κ2) is 5.93. The molecule has 0 aliphatic heterocycles. The number of nitrogens with zero attached hydrogens (tertiary/aromatic N) is 1. The molecule has 8 heteroatoms. The van der Waals surface area contributed by atoms with E-state index in [0.29, 0.717) is 18.0 Å². The summed E-state index contributed by atoms with van der Waals surface area (Å²) in [7, 11) is -0.501. The third-order valence-electron chi connectivity index (χ3n) is 2.65. The van der Waals surface area contributed by atoms with Crippen molar-refractivity contribution in [1.29, 1.82) is 0 Å². The number of sulfonamides is 1. The van der Waals surface area contributed by atoms with Crippen LogP contribution in [0, 0.1) is 0 Å². The molecule has 2 aromatic rings. The summed E-state index contributed by atoms with van der Waals surface area (Å²) in [6.45, 7) is 0.568. The fraction of sp³-hybridized carbons (Fsp3) is 0.250. The van der Waals surface area contributed by atoms with Gasteiger partial charge in [-0.05, 0) is 24.7 Å². The van der Waals surface area contributed by atoms with Crippen LogP contribution in [0.2, 0.25) is 0 Å². The molecule has 108 valence electrons. The van der Waals surface area contributed by atoms with E-state index in [0.717, 1.165) is 5.56 Å². The minimum Gasteiger partial charge on any atom is -0.495 e. The predicted molar refractivity (Wildman–Crippen MR) is 75.2 cm³/mol. The van der Waals surface area contributed by atoms with Crippen molar-refractivity contribution >= 4 is 15.7 Å². The lowest BCUT2D eigenvalue weighted by molar-refractivity contribution is 0.402. The lowest BCUT2D eigenvalue weighted by Gasteiger charge is -2.12. The minimum atomic E-state index is -3.73. The summed E-state index contributed by atoms with van der Waals surface area (Å²) in [6.07, 6.45) is 2.85. The van der Waals surface area contributed by atoms with Gasteiger partial charge in [0.25, 0.3) is 10.0 Å². The smallest absolute Gasteiger partial charge is 0.265 e. The van der Waals surface area contributed by atoms with Gasteiger partial charge in [-0.2, -0.15) is 5.10 Å². The molecule has 20 heavy (non-hydrogen) atoms. The number of aromatic nitrogens is 2. The molecule has 0 aliphatic rings. The van der Waals surface area contributed by atoms with Crippen molar-refractivity contribution in [3.8, 4) is 5.75 Å². The first kappa shape index (κ1) is 14.4. The molecule has 0 atom stereocenters. The zero-order valence-corrected chi connectivity index (χ0v) is 12.0. The Morgan fingerprint density at radius 2 is 2.20 bits per heavy atom. The molecule has 1 heterocycles. The van der Waals surface area contributed by atoms with Crippen LogP contribution < -0.4 is 14.8 Å². The van der Waals surface area contributed by atoms with Crippen molar-refractivity contribution in [3.05, 3.63) is 36.2 Å². The van der Waals surface area contributed by atoms with Gasteiger partial charge in [-0.25, -0.2) is 8.42 Å². The van der Waals surface area contributed by atoms with Crippen LogP contribution in [-0.4, -0.2) is 32.8 Å². The average molecular weight is 296 g/mol. The molecule has 0 spiro atoms. The van der Waals surface area contributed by atoms with Crippen LogP contribution in [-0.2, 0) is 16.6 Å². The van der Waals surface area contributed by atoms with Crippen LogP contribution in [0.3, 0.4) is 0 Å². The normalized spacial score (nSPS) is 11.3. The van der Waals surface area contributed by atoms with E-state index < -0.39 is 10.0 Å². The number of methoxy groups -OCH3 is 1. The summed E-state index contributed by atoms with van der Waals surface area (Å²) < 4.78 is 32.3. The number of anilines is 1. The van der Waals surface area contributed by atoms with Gasteiger partial charge in [-0.3, -0.25) is 9.82 Å². The summed E-state index contributed by atoms with van der Waals surface area (Å²) in [5, 5.41) is 9.22. The van der Waals surface area contributed by atoms with E-state index in [1.54, 1.807) is 19.2 Å². The summed E-state index contributed by atoms with van der Waals surface area (Å²) in [6, 6.07) is 5.03. The highest BCUT2D eigenvalue weighted by atomic mass is 32.2. The number of benzene rings is 1. The molecule has 0 bridgehead atoms. The van der Waals surface area contributed by atoms with Crippen LogP contribution in [0.15, 0.2) is 35.5 Å². The van der Waals surface area contributed by atoms with Gasteiger partial charge in [0.05, 0.1) is 19.0 Å². The maximum atomic E-state index is 12.4. The van der Waals surface area contributed by atoms with Crippen molar-refractivity contribution in [1.82, 2.24) is 15.5 Å². The van der Waals surface area contributed by atoms with Gasteiger partial charge in [-0.15, -0.1) is 0 Å². The van der Waals surface area contributed by atoms with Gasteiger partial charge in [0.2, 0.25) is 0 Å². The molecular weight excluding hydrogens is 280 g/mol. The Bertz CT molecular complexity index is 668. The molecule has 3 N–H and O–H groups in total. The van der Waals surface area contributed by atoms with Crippen LogP contribution in [0.25, 0.3) is 0 Å². The zero-order valence-electron chi connectivity index (χ0n) is 11.2. The Kier molecular flexibility index (Phi) is 4.26. The molecule has 0 radical (unpaired) electrons. The van der Waals surface area contributed by atoms with E-state index in [9.17, 15) is 8.42 Å². The largest absolute Gasteiger partial charge is 0.495 e. The molecule has 0 saturated carbocycles. The van der Waals surface area contributed by atoms with E-state index in [4.69, 9.17) is 4.74 Å². The molecular formula is C12H16N4O3S. The van der Waals surface area contributed by atoms with Crippen LogP contribution in [0.4, 0.5) is 5.69 Å². The highest BCUT2D eigenvalue weighted by molar-refractivity contribution is 7.92. The molecule has 0 saturated heterocycles. The van der Waals surface area contributed by atoms with Gasteiger partial charge >= 0.3 is 0 Å². The number of nitrogens with one attached hydrogen (secondary N) is 3. The maximum Gasteiger partial charge on any atom is 0.265 e. The first-order valence-corrected chi connectivity index (χ1v) is 7.38. The molecule has 0 fully saturated rings. The SMILES string of the molecule is CNCc1ccc(OC)c(S(=O)(=O)Nc2cn[nH]c2)c1. The molecule has 7 nitrogen and oxygen atoms in total. The highest BCUT2D eigenvalue weighted by Gasteiger charge is 2.20. The number of aromatic amines is 1. The van der Waals surface area contributed by atoms with Crippen molar-refractivity contribution in [2.45, 2.75) is 11.4 Å². The number of rotatable bonds is 6. The average Bonchev–Trinajstić information content (AvgIpc) is 2.91. The number of hydrogen-bond donors (Lipinski definition) is 3. The second-order valence-corrected chi connectivity index (χ2v) is 5.76. The first-order valence-electron chi connectivity index (χ1n) is 5.90. The Labute approximate surface area is 117 Å². The van der Waals surface area contributed by atoms with E-state index in [-0.39, 0.29) is 4.90 Å². The monoisotopic (exact) mass is 296 g/mol. The Balaban J connectivity index is 2.40. The quantitative estimate of drug-likeness (QED) is 0.737. The third-order valence-corrected chi connectivity index (χ3v) is 4.05. The first-order chi connectivity index (χ1) is 9.56. The van der Waals surface area contributed by atoms with Crippen LogP contribution >= 0.6 is 0 Å². The molecule has 1 aromatic carbocycles. The van der Waals surface area contributed by atoms with E-state index >= 15 is 0 Å².